The number of hydrogen-bond acceptors (Lipinski definition) is 5. The van der Waals surface area contributed by atoms with Crippen LogP contribution in [0.1, 0.15) is 11.3 Å². The number of halogens is 1. The number of rotatable bonds is 5. The zero-order chi connectivity index (χ0) is 20.4. The summed E-state index contributed by atoms with van der Waals surface area (Å²) in [4.78, 5) is 33.2. The van der Waals surface area contributed by atoms with Crippen LogP contribution in [0.25, 0.3) is 11.3 Å². The van der Waals surface area contributed by atoms with Crippen LogP contribution >= 0.6 is 39.0 Å². The number of para-hydroxylation sites is 1. The van der Waals surface area contributed by atoms with E-state index in [0.29, 0.717) is 17.4 Å². The van der Waals surface area contributed by atoms with Crippen molar-refractivity contribution >= 4 is 61.7 Å². The predicted octanol–water partition coefficient (Wildman–Crippen LogP) is 5.35. The minimum Gasteiger partial charge on any atom is -0.310 e. The van der Waals surface area contributed by atoms with Crippen molar-refractivity contribution in [3.8, 4) is 11.3 Å². The van der Waals surface area contributed by atoms with Gasteiger partial charge in [0.15, 0.2) is 5.13 Å². The molecular formula is C21H18BrN3O2S2. The maximum Gasteiger partial charge on any atom is 0.237 e. The fraction of sp³-hybridized carbons (Fsp3) is 0.190. The average molecular weight is 488 g/mol. The monoisotopic (exact) mass is 487 g/mol. The molecule has 0 spiro atoms. The normalized spacial score (nSPS) is 13.3. The van der Waals surface area contributed by atoms with Crippen molar-refractivity contribution in [2.24, 2.45) is 0 Å². The molecule has 0 saturated carbocycles. The predicted molar refractivity (Wildman–Crippen MR) is 123 cm³/mol. The van der Waals surface area contributed by atoms with Crippen LogP contribution in [0, 0.1) is 6.92 Å². The van der Waals surface area contributed by atoms with Gasteiger partial charge in [-0.3, -0.25) is 9.59 Å². The van der Waals surface area contributed by atoms with Gasteiger partial charge >= 0.3 is 0 Å². The Kier molecular flexibility index (Phi) is 6.03. The Labute approximate surface area is 185 Å². The zero-order valence-electron chi connectivity index (χ0n) is 15.6. The second-order valence-electron chi connectivity index (χ2n) is 6.53. The molecule has 8 heteroatoms. The van der Waals surface area contributed by atoms with Crippen molar-refractivity contribution in [2.45, 2.75) is 18.2 Å². The number of nitrogens with zero attached hydrogens (tertiary/aromatic N) is 2. The van der Waals surface area contributed by atoms with E-state index in [-0.39, 0.29) is 18.2 Å². The summed E-state index contributed by atoms with van der Waals surface area (Å²) in [5.74, 6) is 0.287. The van der Waals surface area contributed by atoms with Crippen molar-refractivity contribution in [1.82, 2.24) is 4.98 Å². The molecule has 4 rings (SSSR count). The molecule has 1 aliphatic rings. The van der Waals surface area contributed by atoms with Crippen LogP contribution in [0.15, 0.2) is 57.9 Å². The molecule has 2 amide bonds. The largest absolute Gasteiger partial charge is 0.310 e. The van der Waals surface area contributed by atoms with Gasteiger partial charge in [-0.15, -0.1) is 23.1 Å². The van der Waals surface area contributed by atoms with Gasteiger partial charge in [-0.25, -0.2) is 4.98 Å². The maximum atomic E-state index is 12.5. The molecule has 0 aliphatic carbocycles. The van der Waals surface area contributed by atoms with Crippen LogP contribution in [0.4, 0.5) is 10.8 Å². The molecule has 0 atom stereocenters. The Morgan fingerprint density at radius 1 is 1.21 bits per heavy atom. The highest BCUT2D eigenvalue weighted by atomic mass is 79.9. The first-order valence-corrected chi connectivity index (χ1v) is 11.7. The zero-order valence-corrected chi connectivity index (χ0v) is 18.9. The van der Waals surface area contributed by atoms with E-state index >= 15 is 0 Å². The fourth-order valence-electron chi connectivity index (χ4n) is 3.12. The van der Waals surface area contributed by atoms with Crippen LogP contribution in [0.3, 0.4) is 0 Å². The van der Waals surface area contributed by atoms with E-state index in [1.54, 1.807) is 4.90 Å². The molecule has 0 radical (unpaired) electrons. The van der Waals surface area contributed by atoms with Gasteiger partial charge in [-0.1, -0.05) is 40.2 Å². The molecule has 0 fully saturated rings. The van der Waals surface area contributed by atoms with Crippen molar-refractivity contribution in [2.75, 3.05) is 22.5 Å². The van der Waals surface area contributed by atoms with E-state index in [9.17, 15) is 9.59 Å². The summed E-state index contributed by atoms with van der Waals surface area (Å²) < 4.78 is 1.01. The Morgan fingerprint density at radius 3 is 2.76 bits per heavy atom. The Hall–Kier alpha value is -2.16. The minimum absolute atomic E-state index is 0.0316. The number of thioether (sulfide) groups is 1. The Morgan fingerprint density at radius 2 is 1.97 bits per heavy atom. The molecule has 148 valence electrons. The van der Waals surface area contributed by atoms with E-state index in [1.165, 1.54) is 23.1 Å². The third-order valence-electron chi connectivity index (χ3n) is 4.53. The topological polar surface area (TPSA) is 62.3 Å². The fourth-order valence-corrected chi connectivity index (χ4v) is 5.17. The molecule has 0 unspecified atom stereocenters. The molecule has 2 heterocycles. The quantitative estimate of drug-likeness (QED) is 0.526. The lowest BCUT2D eigenvalue weighted by atomic mass is 10.1. The molecule has 29 heavy (non-hydrogen) atoms. The standard InChI is InChI=1S/C21H18BrN3O2S2/c1-13-20(14-6-8-15(22)9-7-14)24-21(29-13)23-18(26)10-11-25-16-4-2-3-5-17(16)28-12-19(25)27/h2-9H,10-12H2,1H3,(H,23,24,26). The van der Waals surface area contributed by atoms with E-state index in [0.717, 1.165) is 31.2 Å². The summed E-state index contributed by atoms with van der Waals surface area (Å²) in [6.07, 6.45) is 0.219. The smallest absolute Gasteiger partial charge is 0.237 e. The minimum atomic E-state index is -0.149. The third-order valence-corrected chi connectivity index (χ3v) is 6.99. The van der Waals surface area contributed by atoms with E-state index in [2.05, 4.69) is 26.2 Å². The van der Waals surface area contributed by atoms with E-state index in [1.807, 2.05) is 55.5 Å². The summed E-state index contributed by atoms with van der Waals surface area (Å²) in [6, 6.07) is 15.7. The highest BCUT2D eigenvalue weighted by Gasteiger charge is 2.24. The lowest BCUT2D eigenvalue weighted by Gasteiger charge is -2.28. The molecule has 0 saturated heterocycles. The van der Waals surface area contributed by atoms with Gasteiger partial charge in [0, 0.05) is 32.8 Å². The van der Waals surface area contributed by atoms with Crippen molar-refractivity contribution < 1.29 is 9.59 Å². The number of thiazole rings is 1. The molecule has 5 nitrogen and oxygen atoms in total. The van der Waals surface area contributed by atoms with Gasteiger partial charge in [0.1, 0.15) is 0 Å². The van der Waals surface area contributed by atoms with Crippen molar-refractivity contribution in [1.29, 1.82) is 0 Å². The number of benzene rings is 2. The maximum absolute atomic E-state index is 12.5. The number of nitrogens with one attached hydrogen (secondary N) is 1. The van der Waals surface area contributed by atoms with Crippen LogP contribution in [0.2, 0.25) is 0 Å². The Bertz CT molecular complexity index is 1070. The van der Waals surface area contributed by atoms with E-state index in [4.69, 9.17) is 0 Å². The molecule has 2 aromatic carbocycles. The molecular weight excluding hydrogens is 470 g/mol. The number of aryl methyl sites for hydroxylation is 1. The molecule has 1 aliphatic heterocycles. The molecule has 1 N–H and O–H groups in total. The first-order valence-electron chi connectivity index (χ1n) is 9.06. The summed E-state index contributed by atoms with van der Waals surface area (Å²) >= 11 is 6.43. The first kappa shape index (κ1) is 20.1. The summed E-state index contributed by atoms with van der Waals surface area (Å²) in [6.45, 7) is 2.35. The highest BCUT2D eigenvalue weighted by Crippen LogP contribution is 2.35. The van der Waals surface area contributed by atoms with Crippen molar-refractivity contribution in [3.05, 3.63) is 57.9 Å². The summed E-state index contributed by atoms with van der Waals surface area (Å²) in [7, 11) is 0. The molecule has 3 aromatic rings. The second kappa shape index (κ2) is 8.69. The van der Waals surface area contributed by atoms with Gasteiger partial charge in [0.2, 0.25) is 11.8 Å². The van der Waals surface area contributed by atoms with Crippen LogP contribution < -0.4 is 10.2 Å². The Balaban J connectivity index is 1.41. The third kappa shape index (κ3) is 4.55. The molecule has 0 bridgehead atoms. The van der Waals surface area contributed by atoms with E-state index < -0.39 is 0 Å². The van der Waals surface area contributed by atoms with Gasteiger partial charge in [-0.2, -0.15) is 0 Å². The second-order valence-corrected chi connectivity index (χ2v) is 9.67. The first-order chi connectivity index (χ1) is 14.0. The number of amides is 2. The van der Waals surface area contributed by atoms with Gasteiger partial charge < -0.3 is 10.2 Å². The number of aromatic nitrogens is 1. The SMILES string of the molecule is Cc1sc(NC(=O)CCN2C(=O)CSc3ccccc32)nc1-c1ccc(Br)cc1. The van der Waals surface area contributed by atoms with Crippen molar-refractivity contribution in [3.63, 3.8) is 0 Å². The number of fused-ring (bicyclic) bond motifs is 1. The van der Waals surface area contributed by atoms with Crippen LogP contribution in [-0.4, -0.2) is 29.1 Å². The van der Waals surface area contributed by atoms with Crippen LogP contribution in [-0.2, 0) is 9.59 Å². The van der Waals surface area contributed by atoms with Crippen LogP contribution in [0.5, 0.6) is 0 Å². The number of carbonyl (C=O) groups excluding carboxylic acids is 2. The molecule has 1 aromatic heterocycles. The number of carbonyl (C=O) groups is 2. The van der Waals surface area contributed by atoms with Gasteiger partial charge in [0.25, 0.3) is 0 Å². The number of anilines is 2. The summed E-state index contributed by atoms with van der Waals surface area (Å²) in [5.41, 5.74) is 2.76. The highest BCUT2D eigenvalue weighted by molar-refractivity contribution is 9.10. The lowest BCUT2D eigenvalue weighted by molar-refractivity contribution is -0.117. The average Bonchev–Trinajstić information content (AvgIpc) is 3.07. The number of hydrogen-bond donors (Lipinski definition) is 1. The lowest BCUT2D eigenvalue weighted by Crippen LogP contribution is -2.37. The van der Waals surface area contributed by atoms with Gasteiger partial charge in [0.05, 0.1) is 17.1 Å². The van der Waals surface area contributed by atoms with Gasteiger partial charge in [-0.05, 0) is 31.2 Å². The summed E-state index contributed by atoms with van der Waals surface area (Å²) in [5, 5.41) is 3.45.